The number of carbonyl (C=O) groups is 4. The Bertz CT molecular complexity index is 1950. The lowest BCUT2D eigenvalue weighted by atomic mass is 9.63. The van der Waals surface area contributed by atoms with Crippen molar-refractivity contribution in [2.24, 2.45) is 0 Å². The Balaban J connectivity index is 1.68. The van der Waals surface area contributed by atoms with E-state index in [4.69, 9.17) is 18.9 Å². The number of benzene rings is 4. The van der Waals surface area contributed by atoms with Crippen LogP contribution in [0.4, 0.5) is 9.59 Å². The Morgan fingerprint density at radius 3 is 1.36 bits per heavy atom. The molecule has 53 heavy (non-hydrogen) atoms. The highest BCUT2D eigenvalue weighted by Crippen LogP contribution is 2.56. The van der Waals surface area contributed by atoms with Crippen LogP contribution in [0.1, 0.15) is 40.3 Å². The van der Waals surface area contributed by atoms with E-state index in [2.05, 4.69) is 23.8 Å². The van der Waals surface area contributed by atoms with Gasteiger partial charge in [-0.05, 0) is 43.7 Å². The number of nitrogens with one attached hydrogen (secondary N) is 2. The van der Waals surface area contributed by atoms with Gasteiger partial charge >= 0.3 is 24.1 Å². The summed E-state index contributed by atoms with van der Waals surface area (Å²) < 4.78 is 23.4. The van der Waals surface area contributed by atoms with Crippen LogP contribution >= 0.6 is 23.5 Å². The molecule has 2 N–H and O–H groups in total. The van der Waals surface area contributed by atoms with E-state index in [0.717, 1.165) is 15.9 Å². The molecule has 1 aliphatic carbocycles. The summed E-state index contributed by atoms with van der Waals surface area (Å²) in [5.41, 5.74) is 0.700. The van der Waals surface area contributed by atoms with Crippen molar-refractivity contribution in [3.8, 4) is 0 Å². The van der Waals surface area contributed by atoms with Crippen molar-refractivity contribution in [1.82, 2.24) is 10.6 Å². The quantitative estimate of drug-likeness (QED) is 0.0444. The van der Waals surface area contributed by atoms with Crippen LogP contribution in [0.25, 0.3) is 0 Å². The molecule has 0 aliphatic heterocycles. The van der Waals surface area contributed by atoms with E-state index >= 15 is 0 Å². The highest BCUT2D eigenvalue weighted by molar-refractivity contribution is 7.98. The minimum atomic E-state index is -1.54. The molecule has 0 fully saturated rings. The monoisotopic (exact) mass is 752 g/mol. The standard InChI is InChI=1S/C41H40N2O8S2/c1-6-36(44)48-25-23-42-38(46)50-40(28-15-19-30(52-4)20-16-28)32-11-7-9-13-34(32)41(35-14-10-8-12-33(35)40,29-17-21-31(53-5)22-18-29)51-39(47)43-24-26-49-37(45)27(2)3/h6-22H,1-2,23-26H2,3-5H3,(H,42,46)(H,43,47). The van der Waals surface area contributed by atoms with Gasteiger partial charge in [-0.1, -0.05) is 86.0 Å². The van der Waals surface area contributed by atoms with Crippen LogP contribution < -0.4 is 10.6 Å². The average Bonchev–Trinajstić information content (AvgIpc) is 3.19. The topological polar surface area (TPSA) is 129 Å². The van der Waals surface area contributed by atoms with Crippen LogP contribution in [0.3, 0.4) is 0 Å². The van der Waals surface area contributed by atoms with Gasteiger partial charge in [-0.15, -0.1) is 23.5 Å². The van der Waals surface area contributed by atoms with E-state index < -0.39 is 35.3 Å². The molecule has 1 aliphatic rings. The molecule has 0 radical (unpaired) electrons. The Hall–Kier alpha value is -5.46. The van der Waals surface area contributed by atoms with Gasteiger partial charge in [0.25, 0.3) is 0 Å². The maximum Gasteiger partial charge on any atom is 0.408 e. The maximum atomic E-state index is 13.9. The highest BCUT2D eigenvalue weighted by atomic mass is 32.2. The number of hydrogen-bond acceptors (Lipinski definition) is 10. The van der Waals surface area contributed by atoms with E-state index in [9.17, 15) is 19.2 Å². The highest BCUT2D eigenvalue weighted by Gasteiger charge is 2.56. The number of ether oxygens (including phenoxy) is 4. The summed E-state index contributed by atoms with van der Waals surface area (Å²) in [4.78, 5) is 53.3. The summed E-state index contributed by atoms with van der Waals surface area (Å²) in [6.07, 6.45) is 3.46. The minimum absolute atomic E-state index is 0.0140. The van der Waals surface area contributed by atoms with Gasteiger partial charge in [-0.2, -0.15) is 0 Å². The molecule has 4 aromatic rings. The largest absolute Gasteiger partial charge is 0.461 e. The van der Waals surface area contributed by atoms with Gasteiger partial charge in [0, 0.05) is 54.8 Å². The Morgan fingerprint density at radius 1 is 0.642 bits per heavy atom. The van der Waals surface area contributed by atoms with Gasteiger partial charge in [0.2, 0.25) is 0 Å². The summed E-state index contributed by atoms with van der Waals surface area (Å²) >= 11 is 3.15. The molecule has 2 amide bonds. The van der Waals surface area contributed by atoms with E-state index in [1.807, 2.05) is 110 Å². The minimum Gasteiger partial charge on any atom is -0.461 e. The summed E-state index contributed by atoms with van der Waals surface area (Å²) in [5, 5.41) is 5.44. The van der Waals surface area contributed by atoms with Gasteiger partial charge in [-0.25, -0.2) is 19.2 Å². The molecule has 10 nitrogen and oxygen atoms in total. The zero-order valence-electron chi connectivity index (χ0n) is 29.6. The van der Waals surface area contributed by atoms with Crippen molar-refractivity contribution in [1.29, 1.82) is 0 Å². The number of amides is 2. The number of carbonyl (C=O) groups excluding carboxylic acids is 4. The molecule has 0 bridgehead atoms. The second-order valence-corrected chi connectivity index (χ2v) is 13.6. The van der Waals surface area contributed by atoms with Crippen LogP contribution in [0, 0.1) is 0 Å². The molecule has 0 spiro atoms. The number of esters is 2. The van der Waals surface area contributed by atoms with Crippen molar-refractivity contribution in [2.75, 3.05) is 38.8 Å². The molecule has 0 saturated carbocycles. The van der Waals surface area contributed by atoms with Gasteiger partial charge in [-0.3, -0.25) is 0 Å². The third kappa shape index (κ3) is 8.13. The van der Waals surface area contributed by atoms with E-state index in [1.54, 1.807) is 30.4 Å². The summed E-state index contributed by atoms with van der Waals surface area (Å²) in [7, 11) is 0. The lowest BCUT2D eigenvalue weighted by Crippen LogP contribution is -2.50. The first kappa shape index (κ1) is 38.8. The zero-order valence-corrected chi connectivity index (χ0v) is 31.3. The molecule has 0 heterocycles. The van der Waals surface area contributed by atoms with Crippen molar-refractivity contribution >= 4 is 47.6 Å². The predicted molar refractivity (Wildman–Crippen MR) is 205 cm³/mol. The smallest absolute Gasteiger partial charge is 0.408 e. The fourth-order valence-corrected chi connectivity index (χ4v) is 7.05. The first-order chi connectivity index (χ1) is 25.6. The van der Waals surface area contributed by atoms with Crippen molar-refractivity contribution in [3.05, 3.63) is 155 Å². The summed E-state index contributed by atoms with van der Waals surface area (Å²) in [6, 6.07) is 30.3. The molecular weight excluding hydrogens is 713 g/mol. The normalized spacial score (nSPS) is 16.9. The molecule has 0 atom stereocenters. The molecular formula is C41H40N2O8S2. The molecule has 5 rings (SSSR count). The fraction of sp³-hybridized carbons (Fsp3) is 0.220. The SMILES string of the molecule is C=CC(=O)OCCNC(=O)OC1(c2ccc(SC)cc2)c2ccccc2C(OC(=O)NCCOC(=O)C(=C)C)(c2ccc(SC)cc2)c2ccccc21. The second-order valence-electron chi connectivity index (χ2n) is 11.8. The number of hydrogen-bond donors (Lipinski definition) is 2. The van der Waals surface area contributed by atoms with Crippen LogP contribution in [0.2, 0.25) is 0 Å². The van der Waals surface area contributed by atoms with Crippen molar-refractivity contribution < 1.29 is 38.1 Å². The molecule has 4 aromatic carbocycles. The first-order valence-electron chi connectivity index (χ1n) is 16.6. The Kier molecular flexibility index (Phi) is 12.7. The molecule has 0 saturated heterocycles. The predicted octanol–water partition coefficient (Wildman–Crippen LogP) is 7.33. The van der Waals surface area contributed by atoms with Crippen molar-refractivity contribution in [3.63, 3.8) is 0 Å². The zero-order chi connectivity index (χ0) is 38.0. The van der Waals surface area contributed by atoms with Gasteiger partial charge in [0.15, 0.2) is 11.2 Å². The number of thioether (sulfide) groups is 2. The number of rotatable bonds is 14. The summed E-state index contributed by atoms with van der Waals surface area (Å²) in [5.74, 6) is -1.18. The van der Waals surface area contributed by atoms with Gasteiger partial charge in [0.05, 0.1) is 13.1 Å². The lowest BCUT2D eigenvalue weighted by Gasteiger charge is -2.48. The van der Waals surface area contributed by atoms with Gasteiger partial charge in [0.1, 0.15) is 13.2 Å². The maximum absolute atomic E-state index is 13.9. The van der Waals surface area contributed by atoms with E-state index in [-0.39, 0.29) is 31.9 Å². The summed E-state index contributed by atoms with van der Waals surface area (Å²) in [6.45, 7) is 8.32. The third-order valence-electron chi connectivity index (χ3n) is 8.59. The number of alkyl carbamates (subject to hydrolysis) is 2. The average molecular weight is 753 g/mol. The van der Waals surface area contributed by atoms with Crippen LogP contribution in [0.5, 0.6) is 0 Å². The van der Waals surface area contributed by atoms with E-state index in [1.165, 1.54) is 0 Å². The molecule has 274 valence electrons. The van der Waals surface area contributed by atoms with Crippen LogP contribution in [-0.2, 0) is 39.7 Å². The Labute approximate surface area is 317 Å². The first-order valence-corrected chi connectivity index (χ1v) is 19.1. The molecule has 0 aromatic heterocycles. The lowest BCUT2D eigenvalue weighted by molar-refractivity contribution is -0.139. The van der Waals surface area contributed by atoms with E-state index in [0.29, 0.717) is 33.4 Å². The molecule has 12 heteroatoms. The fourth-order valence-electron chi connectivity index (χ4n) is 6.23. The number of fused-ring (bicyclic) bond motifs is 2. The second kappa shape index (κ2) is 17.4. The van der Waals surface area contributed by atoms with Crippen molar-refractivity contribution in [2.45, 2.75) is 27.9 Å². The molecule has 0 unspecified atom stereocenters. The van der Waals surface area contributed by atoms with Crippen LogP contribution in [0.15, 0.2) is 132 Å². The van der Waals surface area contributed by atoms with Crippen LogP contribution in [-0.4, -0.2) is 62.9 Å². The van der Waals surface area contributed by atoms with Gasteiger partial charge < -0.3 is 29.6 Å². The Morgan fingerprint density at radius 2 is 1.02 bits per heavy atom. The third-order valence-corrected chi connectivity index (χ3v) is 10.1.